The van der Waals surface area contributed by atoms with Crippen LogP contribution in [0, 0.1) is 11.3 Å². The van der Waals surface area contributed by atoms with Crippen LogP contribution in [-0.2, 0) is 4.74 Å². The number of unbranched alkanes of at least 4 members (excludes halogenated alkanes) is 2. The lowest BCUT2D eigenvalue weighted by molar-refractivity contribution is 0.173. The Balaban J connectivity index is 1.83. The summed E-state index contributed by atoms with van der Waals surface area (Å²) in [7, 11) is 1.75. The average Bonchev–Trinajstić information content (AvgIpc) is 2.56. The highest BCUT2D eigenvalue weighted by atomic mass is 16.5. The Bertz CT molecular complexity index is 502. The molecule has 0 aromatic carbocycles. The average molecular weight is 303 g/mol. The molecule has 0 aliphatic carbocycles. The van der Waals surface area contributed by atoms with E-state index in [1.807, 2.05) is 0 Å². The molecule has 1 saturated heterocycles. The van der Waals surface area contributed by atoms with E-state index in [1.165, 1.54) is 12.8 Å². The third kappa shape index (κ3) is 4.39. The minimum atomic E-state index is 0.419. The van der Waals surface area contributed by atoms with Gasteiger partial charge in [0.2, 0.25) is 0 Å². The molecule has 0 radical (unpaired) electrons. The summed E-state index contributed by atoms with van der Waals surface area (Å²) in [6, 6.07) is 2.59. The van der Waals surface area contributed by atoms with Crippen molar-refractivity contribution >= 4 is 5.82 Å². The molecule has 0 N–H and O–H groups in total. The number of methoxy groups -OCH3 is 1. The minimum absolute atomic E-state index is 0.419. The molecule has 6 heteroatoms. The maximum atomic E-state index is 9.15. The van der Waals surface area contributed by atoms with Gasteiger partial charge in [-0.25, -0.2) is 9.97 Å². The number of hydrogen-bond donors (Lipinski definition) is 0. The van der Waals surface area contributed by atoms with Gasteiger partial charge >= 0.3 is 0 Å². The van der Waals surface area contributed by atoms with E-state index >= 15 is 0 Å². The highest BCUT2D eigenvalue weighted by molar-refractivity contribution is 5.49. The fraction of sp³-hybridized carbons (Fsp3) is 0.688. The summed E-state index contributed by atoms with van der Waals surface area (Å²) in [5.41, 5.74) is 0.419. The van der Waals surface area contributed by atoms with Crippen LogP contribution < -0.4 is 4.90 Å². The predicted octanol–water partition coefficient (Wildman–Crippen LogP) is 1.68. The van der Waals surface area contributed by atoms with Gasteiger partial charge in [-0.3, -0.25) is 4.90 Å². The van der Waals surface area contributed by atoms with Gasteiger partial charge < -0.3 is 9.64 Å². The van der Waals surface area contributed by atoms with Gasteiger partial charge in [0.1, 0.15) is 6.07 Å². The summed E-state index contributed by atoms with van der Waals surface area (Å²) in [6.45, 7) is 7.02. The van der Waals surface area contributed by atoms with Crippen molar-refractivity contribution in [2.75, 3.05) is 44.8 Å². The Morgan fingerprint density at radius 1 is 1.27 bits per heavy atom. The number of hydrogen-bond acceptors (Lipinski definition) is 6. The van der Waals surface area contributed by atoms with E-state index in [9.17, 15) is 0 Å². The molecular formula is C16H25N5O. The van der Waals surface area contributed by atoms with Crippen LogP contribution in [0.3, 0.4) is 0 Å². The van der Waals surface area contributed by atoms with Crippen molar-refractivity contribution in [2.45, 2.75) is 32.2 Å². The van der Waals surface area contributed by atoms with Gasteiger partial charge in [0.15, 0.2) is 11.5 Å². The zero-order valence-corrected chi connectivity index (χ0v) is 13.5. The number of nitriles is 1. The van der Waals surface area contributed by atoms with Crippen LogP contribution in [0.5, 0.6) is 0 Å². The normalized spacial score (nSPS) is 19.1. The topological polar surface area (TPSA) is 65.3 Å². The first kappa shape index (κ1) is 16.7. The van der Waals surface area contributed by atoms with Gasteiger partial charge in [-0.2, -0.15) is 5.26 Å². The molecule has 0 spiro atoms. The van der Waals surface area contributed by atoms with Crippen molar-refractivity contribution in [2.24, 2.45) is 0 Å². The third-order valence-electron chi connectivity index (χ3n) is 4.14. The van der Waals surface area contributed by atoms with E-state index in [4.69, 9.17) is 10.00 Å². The number of piperazine rings is 1. The van der Waals surface area contributed by atoms with E-state index in [0.717, 1.165) is 45.0 Å². The van der Waals surface area contributed by atoms with E-state index < -0.39 is 0 Å². The van der Waals surface area contributed by atoms with Crippen molar-refractivity contribution in [1.29, 1.82) is 5.26 Å². The van der Waals surface area contributed by atoms with Crippen molar-refractivity contribution in [3.05, 3.63) is 18.1 Å². The number of ether oxygens (including phenoxy) is 1. The second-order valence-corrected chi connectivity index (χ2v) is 5.72. The first-order chi connectivity index (χ1) is 10.8. The lowest BCUT2D eigenvalue weighted by Gasteiger charge is -2.40. The molecule has 1 atom stereocenters. The summed E-state index contributed by atoms with van der Waals surface area (Å²) in [4.78, 5) is 13.1. The number of rotatable bonds is 7. The fourth-order valence-corrected chi connectivity index (χ4v) is 2.90. The fourth-order valence-electron chi connectivity index (χ4n) is 2.90. The Hall–Kier alpha value is -1.71. The standard InChI is InChI=1S/C16H25N5O/c1-14-13-21(16-15(12-17)18-6-7-19-16)10-9-20(14)8-4-3-5-11-22-2/h6-7,14H,3-5,8-11,13H2,1-2H3/t14-/m1/s1. The molecule has 2 rings (SSSR count). The van der Waals surface area contributed by atoms with Gasteiger partial charge in [0, 0.05) is 51.8 Å². The van der Waals surface area contributed by atoms with Crippen molar-refractivity contribution < 1.29 is 4.74 Å². The monoisotopic (exact) mass is 303 g/mol. The molecule has 1 aromatic heterocycles. The van der Waals surface area contributed by atoms with Gasteiger partial charge in [0.05, 0.1) is 0 Å². The predicted molar refractivity (Wildman–Crippen MR) is 85.7 cm³/mol. The maximum Gasteiger partial charge on any atom is 0.183 e. The summed E-state index contributed by atoms with van der Waals surface area (Å²) in [5, 5.41) is 9.15. The molecule has 0 amide bonds. The van der Waals surface area contributed by atoms with E-state index in [1.54, 1.807) is 19.5 Å². The second-order valence-electron chi connectivity index (χ2n) is 5.72. The van der Waals surface area contributed by atoms with Crippen molar-refractivity contribution in [3.8, 4) is 6.07 Å². The number of nitrogens with zero attached hydrogens (tertiary/aromatic N) is 5. The minimum Gasteiger partial charge on any atom is -0.385 e. The quantitative estimate of drug-likeness (QED) is 0.714. The van der Waals surface area contributed by atoms with E-state index in [0.29, 0.717) is 11.7 Å². The molecule has 22 heavy (non-hydrogen) atoms. The summed E-state index contributed by atoms with van der Waals surface area (Å²) in [5.74, 6) is 0.719. The zero-order valence-electron chi connectivity index (χ0n) is 13.5. The molecular weight excluding hydrogens is 278 g/mol. The molecule has 1 fully saturated rings. The van der Waals surface area contributed by atoms with Crippen molar-refractivity contribution in [1.82, 2.24) is 14.9 Å². The molecule has 0 saturated carbocycles. The van der Waals surface area contributed by atoms with E-state index in [2.05, 4.69) is 32.8 Å². The van der Waals surface area contributed by atoms with Gasteiger partial charge in [-0.05, 0) is 32.7 Å². The SMILES string of the molecule is COCCCCCN1CCN(c2nccnc2C#N)C[C@H]1C. The Kier molecular flexibility index (Phi) is 6.56. The first-order valence-electron chi connectivity index (χ1n) is 7.95. The van der Waals surface area contributed by atoms with Crippen LogP contribution in [0.2, 0.25) is 0 Å². The Morgan fingerprint density at radius 2 is 2.09 bits per heavy atom. The molecule has 1 aromatic rings. The van der Waals surface area contributed by atoms with Gasteiger partial charge in [-0.15, -0.1) is 0 Å². The largest absolute Gasteiger partial charge is 0.385 e. The summed E-state index contributed by atoms with van der Waals surface area (Å²) in [6.07, 6.45) is 6.78. The van der Waals surface area contributed by atoms with Gasteiger partial charge in [0.25, 0.3) is 0 Å². The van der Waals surface area contributed by atoms with Crippen LogP contribution in [0.1, 0.15) is 31.9 Å². The first-order valence-corrected chi connectivity index (χ1v) is 7.95. The lowest BCUT2D eigenvalue weighted by Crippen LogP contribution is -2.52. The van der Waals surface area contributed by atoms with Crippen LogP contribution in [0.15, 0.2) is 12.4 Å². The summed E-state index contributed by atoms with van der Waals surface area (Å²) < 4.78 is 5.08. The third-order valence-corrected chi connectivity index (χ3v) is 4.14. The maximum absolute atomic E-state index is 9.15. The molecule has 0 unspecified atom stereocenters. The number of aromatic nitrogens is 2. The smallest absolute Gasteiger partial charge is 0.183 e. The lowest BCUT2D eigenvalue weighted by atomic mass is 10.1. The summed E-state index contributed by atoms with van der Waals surface area (Å²) >= 11 is 0. The second kappa shape index (κ2) is 8.66. The Morgan fingerprint density at radius 3 is 2.82 bits per heavy atom. The molecule has 1 aliphatic rings. The van der Waals surface area contributed by atoms with E-state index in [-0.39, 0.29) is 0 Å². The van der Waals surface area contributed by atoms with Crippen molar-refractivity contribution in [3.63, 3.8) is 0 Å². The zero-order chi connectivity index (χ0) is 15.8. The van der Waals surface area contributed by atoms with Crippen LogP contribution in [-0.4, -0.2) is 60.8 Å². The molecule has 6 nitrogen and oxygen atoms in total. The molecule has 0 bridgehead atoms. The Labute approximate surface area is 132 Å². The molecule has 120 valence electrons. The molecule has 1 aliphatic heterocycles. The highest BCUT2D eigenvalue weighted by Gasteiger charge is 2.25. The van der Waals surface area contributed by atoms with Gasteiger partial charge in [-0.1, -0.05) is 0 Å². The molecule has 2 heterocycles. The van der Waals surface area contributed by atoms with Crippen LogP contribution in [0.25, 0.3) is 0 Å². The van der Waals surface area contributed by atoms with Crippen LogP contribution >= 0.6 is 0 Å². The highest BCUT2D eigenvalue weighted by Crippen LogP contribution is 2.19. The van der Waals surface area contributed by atoms with Crippen LogP contribution in [0.4, 0.5) is 5.82 Å². The number of anilines is 1.